The van der Waals surface area contributed by atoms with E-state index in [1.54, 1.807) is 54.6 Å². The van der Waals surface area contributed by atoms with E-state index in [0.717, 1.165) is 16.5 Å². The van der Waals surface area contributed by atoms with Gasteiger partial charge in [0.1, 0.15) is 0 Å². The van der Waals surface area contributed by atoms with Crippen LogP contribution in [0.2, 0.25) is 0 Å². The maximum absolute atomic E-state index is 12.7. The lowest BCUT2D eigenvalue weighted by atomic mass is 10.1. The van der Waals surface area contributed by atoms with Crippen molar-refractivity contribution < 1.29 is 19.3 Å². The molecule has 0 saturated carbocycles. The number of non-ortho nitro benzene ring substituents is 1. The number of rotatable bonds is 5. The number of hydrogen-bond donors (Lipinski definition) is 0. The van der Waals surface area contributed by atoms with Crippen molar-refractivity contribution in [2.24, 2.45) is 0 Å². The molecule has 3 aromatic carbocycles. The van der Waals surface area contributed by atoms with Crippen LogP contribution in [0.5, 0.6) is 0 Å². The van der Waals surface area contributed by atoms with Crippen molar-refractivity contribution in [3.05, 3.63) is 111 Å². The fraction of sp³-hybridized carbons (Fsp3) is 0. The van der Waals surface area contributed by atoms with Crippen LogP contribution in [0.15, 0.2) is 78.9 Å². The van der Waals surface area contributed by atoms with Crippen LogP contribution >= 0.6 is 0 Å². The van der Waals surface area contributed by atoms with E-state index in [0.29, 0.717) is 11.3 Å². The van der Waals surface area contributed by atoms with Crippen LogP contribution in [-0.4, -0.2) is 22.5 Å². The number of allylic oxidation sites excluding steroid dienone is 1. The largest absolute Gasteiger partial charge is 0.289 e. The number of carbonyl (C=O) groups excluding carboxylic acids is 3. The van der Waals surface area contributed by atoms with Gasteiger partial charge in [-0.05, 0) is 29.8 Å². The molecule has 0 N–H and O–H groups in total. The second kappa shape index (κ2) is 7.56. The fourth-order valence-electron chi connectivity index (χ4n) is 3.18. The van der Waals surface area contributed by atoms with Gasteiger partial charge < -0.3 is 0 Å². The molecule has 4 rings (SSSR count). The summed E-state index contributed by atoms with van der Waals surface area (Å²) >= 11 is 0. The number of nitro benzene ring substituents is 1. The monoisotopic (exact) mass is 398 g/mol. The number of fused-ring (bicyclic) bond motifs is 1. The molecule has 0 aromatic heterocycles. The Morgan fingerprint density at radius 2 is 1.53 bits per heavy atom. The van der Waals surface area contributed by atoms with Crippen LogP contribution in [0.3, 0.4) is 0 Å². The van der Waals surface area contributed by atoms with Crippen molar-refractivity contribution in [1.29, 1.82) is 0 Å². The number of nitro groups is 1. The average molecular weight is 398 g/mol. The van der Waals surface area contributed by atoms with Gasteiger partial charge >= 0.3 is 0 Å². The molecule has 1 aliphatic heterocycles. The molecule has 0 unspecified atom stereocenters. The molecule has 0 spiro atoms. The molecule has 1 aliphatic rings. The van der Waals surface area contributed by atoms with E-state index in [1.807, 2.05) is 6.07 Å². The van der Waals surface area contributed by atoms with Gasteiger partial charge in [-0.1, -0.05) is 48.5 Å². The Morgan fingerprint density at radius 1 is 0.867 bits per heavy atom. The van der Waals surface area contributed by atoms with E-state index < -0.39 is 16.7 Å². The SMILES string of the molecule is O=C(/C=C/c1ccc(N2C(=O)c3ccc([N+](=O)[O-])cc3C2=O)cc1)c1ccccc1. The van der Waals surface area contributed by atoms with Gasteiger partial charge in [-0.25, -0.2) is 4.90 Å². The molecular formula is C23H14N2O5. The number of imide groups is 1. The standard InChI is InChI=1S/C23H14N2O5/c26-21(16-4-2-1-3-5-16)13-8-15-6-9-17(10-7-15)24-22(27)19-12-11-18(25(29)30)14-20(19)23(24)28/h1-14H/b13-8+. The molecule has 3 aromatic rings. The van der Waals surface area contributed by atoms with Crippen molar-refractivity contribution in [3.8, 4) is 0 Å². The predicted octanol–water partition coefficient (Wildman–Crippen LogP) is 4.29. The van der Waals surface area contributed by atoms with E-state index in [1.165, 1.54) is 18.2 Å². The highest BCUT2D eigenvalue weighted by Gasteiger charge is 2.37. The molecule has 7 heteroatoms. The molecule has 0 fully saturated rings. The highest BCUT2D eigenvalue weighted by Crippen LogP contribution is 2.31. The van der Waals surface area contributed by atoms with Crippen LogP contribution < -0.4 is 4.90 Å². The second-order valence-electron chi connectivity index (χ2n) is 6.59. The third-order valence-electron chi connectivity index (χ3n) is 4.72. The first-order chi connectivity index (χ1) is 14.5. The zero-order valence-electron chi connectivity index (χ0n) is 15.5. The topological polar surface area (TPSA) is 97.6 Å². The summed E-state index contributed by atoms with van der Waals surface area (Å²) in [5, 5.41) is 10.9. The van der Waals surface area contributed by atoms with Gasteiger partial charge in [0, 0.05) is 17.7 Å². The van der Waals surface area contributed by atoms with Crippen molar-refractivity contribution in [1.82, 2.24) is 0 Å². The van der Waals surface area contributed by atoms with Gasteiger partial charge in [0.25, 0.3) is 17.5 Å². The maximum Gasteiger partial charge on any atom is 0.270 e. The lowest BCUT2D eigenvalue weighted by Crippen LogP contribution is -2.29. The van der Waals surface area contributed by atoms with Crippen molar-refractivity contribution in [3.63, 3.8) is 0 Å². The first-order valence-electron chi connectivity index (χ1n) is 9.00. The van der Waals surface area contributed by atoms with E-state index in [-0.39, 0.29) is 22.6 Å². The number of benzene rings is 3. The molecule has 0 aliphatic carbocycles. The highest BCUT2D eigenvalue weighted by molar-refractivity contribution is 6.34. The maximum atomic E-state index is 12.7. The summed E-state index contributed by atoms with van der Waals surface area (Å²) < 4.78 is 0. The molecule has 0 radical (unpaired) electrons. The molecule has 30 heavy (non-hydrogen) atoms. The molecule has 146 valence electrons. The normalized spacial score (nSPS) is 13.0. The van der Waals surface area contributed by atoms with Gasteiger partial charge in [0.2, 0.25) is 0 Å². The molecular weight excluding hydrogens is 384 g/mol. The average Bonchev–Trinajstić information content (AvgIpc) is 3.02. The zero-order chi connectivity index (χ0) is 21.3. The Balaban J connectivity index is 1.55. The Bertz CT molecular complexity index is 1210. The summed E-state index contributed by atoms with van der Waals surface area (Å²) in [6.45, 7) is 0. The third kappa shape index (κ3) is 3.40. The van der Waals surface area contributed by atoms with Gasteiger partial charge in [0.15, 0.2) is 5.78 Å². The molecule has 1 heterocycles. The van der Waals surface area contributed by atoms with Crippen LogP contribution in [0.25, 0.3) is 6.08 Å². The predicted molar refractivity (Wildman–Crippen MR) is 110 cm³/mol. The van der Waals surface area contributed by atoms with Gasteiger partial charge in [0.05, 0.1) is 21.7 Å². The molecule has 0 bridgehead atoms. The second-order valence-corrected chi connectivity index (χ2v) is 6.59. The summed E-state index contributed by atoms with van der Waals surface area (Å²) in [6, 6.07) is 19.0. The molecule has 7 nitrogen and oxygen atoms in total. The number of hydrogen-bond acceptors (Lipinski definition) is 5. The quantitative estimate of drug-likeness (QED) is 0.210. The number of ketones is 1. The third-order valence-corrected chi connectivity index (χ3v) is 4.72. The van der Waals surface area contributed by atoms with Gasteiger partial charge in [-0.15, -0.1) is 0 Å². The number of nitrogens with zero attached hydrogens (tertiary/aromatic N) is 2. The fourth-order valence-corrected chi connectivity index (χ4v) is 3.18. The number of anilines is 1. The minimum atomic E-state index is -0.613. The Kier molecular flexibility index (Phi) is 4.77. The van der Waals surface area contributed by atoms with E-state index in [4.69, 9.17) is 0 Å². The molecule has 2 amide bonds. The van der Waals surface area contributed by atoms with Crippen LogP contribution in [0, 0.1) is 10.1 Å². The Labute approximate surface area is 171 Å². The van der Waals surface area contributed by atoms with Crippen LogP contribution in [-0.2, 0) is 0 Å². The Morgan fingerprint density at radius 3 is 2.20 bits per heavy atom. The molecule has 0 atom stereocenters. The number of carbonyl (C=O) groups is 3. The summed E-state index contributed by atoms with van der Waals surface area (Å²) in [6.07, 6.45) is 3.09. The summed E-state index contributed by atoms with van der Waals surface area (Å²) in [5.41, 5.74) is 1.52. The van der Waals surface area contributed by atoms with Crippen molar-refractivity contribution >= 4 is 35.0 Å². The van der Waals surface area contributed by atoms with Gasteiger partial charge in [-0.3, -0.25) is 24.5 Å². The lowest BCUT2D eigenvalue weighted by molar-refractivity contribution is -0.384. The van der Waals surface area contributed by atoms with E-state index >= 15 is 0 Å². The summed E-state index contributed by atoms with van der Waals surface area (Å²) in [5.74, 6) is -1.28. The first kappa shape index (κ1) is 18.9. The molecule has 0 saturated heterocycles. The zero-order valence-corrected chi connectivity index (χ0v) is 15.5. The first-order valence-corrected chi connectivity index (χ1v) is 9.00. The smallest absolute Gasteiger partial charge is 0.270 e. The van der Waals surface area contributed by atoms with E-state index in [2.05, 4.69) is 0 Å². The van der Waals surface area contributed by atoms with E-state index in [9.17, 15) is 24.5 Å². The summed E-state index contributed by atoms with van der Waals surface area (Å²) in [7, 11) is 0. The number of amides is 2. The van der Waals surface area contributed by atoms with Crippen molar-refractivity contribution in [2.75, 3.05) is 4.90 Å². The Hall–Kier alpha value is -4.39. The van der Waals surface area contributed by atoms with Gasteiger partial charge in [-0.2, -0.15) is 0 Å². The van der Waals surface area contributed by atoms with Crippen molar-refractivity contribution in [2.45, 2.75) is 0 Å². The highest BCUT2D eigenvalue weighted by atomic mass is 16.6. The minimum Gasteiger partial charge on any atom is -0.289 e. The lowest BCUT2D eigenvalue weighted by Gasteiger charge is -2.13. The van der Waals surface area contributed by atoms with Crippen LogP contribution in [0.1, 0.15) is 36.6 Å². The van der Waals surface area contributed by atoms with Crippen LogP contribution in [0.4, 0.5) is 11.4 Å². The summed E-state index contributed by atoms with van der Waals surface area (Å²) in [4.78, 5) is 48.7. The minimum absolute atomic E-state index is 0.00614.